The summed E-state index contributed by atoms with van der Waals surface area (Å²) in [5, 5.41) is 12.7. The largest absolute Gasteiger partial charge is 0.498 e. The lowest BCUT2D eigenvalue weighted by molar-refractivity contribution is -0.139. The van der Waals surface area contributed by atoms with Gasteiger partial charge in [-0.05, 0) is 30.3 Å². The van der Waals surface area contributed by atoms with E-state index in [0.717, 1.165) is 23.5 Å². The SMILES string of the molecule is C.Oc1sc(Nc2ccc(F)c(C(F)(F)F)c2)nc1-c1ccncc1. The first-order chi connectivity index (χ1) is 11.3. The number of pyridine rings is 1. The Morgan fingerprint density at radius 2 is 1.76 bits per heavy atom. The number of hydrogen-bond acceptors (Lipinski definition) is 5. The van der Waals surface area contributed by atoms with Crippen LogP contribution in [0.1, 0.15) is 13.0 Å². The molecule has 0 bridgehead atoms. The average molecular weight is 371 g/mol. The van der Waals surface area contributed by atoms with Gasteiger partial charge in [-0.2, -0.15) is 13.2 Å². The maximum Gasteiger partial charge on any atom is 0.419 e. The Bertz CT molecular complexity index is 866. The molecule has 2 aromatic heterocycles. The fourth-order valence-corrected chi connectivity index (χ4v) is 2.76. The van der Waals surface area contributed by atoms with Gasteiger partial charge in [0.25, 0.3) is 0 Å². The van der Waals surface area contributed by atoms with Crippen LogP contribution in [0.3, 0.4) is 0 Å². The van der Waals surface area contributed by atoms with E-state index < -0.39 is 17.6 Å². The van der Waals surface area contributed by atoms with E-state index in [9.17, 15) is 22.7 Å². The quantitative estimate of drug-likeness (QED) is 0.601. The third kappa shape index (κ3) is 4.05. The van der Waals surface area contributed by atoms with Gasteiger partial charge >= 0.3 is 6.18 Å². The summed E-state index contributed by atoms with van der Waals surface area (Å²) in [7, 11) is 0. The summed E-state index contributed by atoms with van der Waals surface area (Å²) < 4.78 is 51.5. The predicted octanol–water partition coefficient (Wildman–Crippen LogP) is 5.45. The third-order valence-electron chi connectivity index (χ3n) is 3.09. The van der Waals surface area contributed by atoms with Crippen molar-refractivity contribution >= 4 is 22.2 Å². The molecular weight excluding hydrogens is 358 g/mol. The molecule has 0 spiro atoms. The van der Waals surface area contributed by atoms with E-state index in [1.54, 1.807) is 12.1 Å². The molecule has 4 nitrogen and oxygen atoms in total. The topological polar surface area (TPSA) is 58.0 Å². The minimum absolute atomic E-state index is 0. The van der Waals surface area contributed by atoms with Crippen molar-refractivity contribution < 1.29 is 22.7 Å². The van der Waals surface area contributed by atoms with Crippen molar-refractivity contribution in [3.63, 3.8) is 0 Å². The van der Waals surface area contributed by atoms with Crippen LogP contribution < -0.4 is 5.32 Å². The molecule has 0 aliphatic carbocycles. The van der Waals surface area contributed by atoms with Gasteiger partial charge in [-0.15, -0.1) is 0 Å². The number of aromatic nitrogens is 2. The van der Waals surface area contributed by atoms with Crippen LogP contribution >= 0.6 is 11.3 Å². The van der Waals surface area contributed by atoms with Gasteiger partial charge in [-0.1, -0.05) is 18.8 Å². The molecule has 25 heavy (non-hydrogen) atoms. The van der Waals surface area contributed by atoms with Crippen LogP contribution in [0.5, 0.6) is 5.06 Å². The monoisotopic (exact) mass is 371 g/mol. The summed E-state index contributed by atoms with van der Waals surface area (Å²) in [5.74, 6) is -1.35. The molecule has 9 heteroatoms. The molecule has 3 aromatic rings. The first-order valence-electron chi connectivity index (χ1n) is 6.58. The number of halogens is 4. The van der Waals surface area contributed by atoms with Crippen molar-refractivity contribution in [3.05, 3.63) is 54.1 Å². The zero-order valence-corrected chi connectivity index (χ0v) is 12.6. The number of hydrogen-bond donors (Lipinski definition) is 2. The Hall–Kier alpha value is -2.68. The maximum absolute atomic E-state index is 13.3. The second-order valence-electron chi connectivity index (χ2n) is 4.73. The number of alkyl halides is 3. The number of benzene rings is 1. The summed E-state index contributed by atoms with van der Waals surface area (Å²) >= 11 is 0.860. The van der Waals surface area contributed by atoms with Gasteiger partial charge in [0, 0.05) is 23.6 Å². The van der Waals surface area contributed by atoms with E-state index in [-0.39, 0.29) is 29.0 Å². The third-order valence-corrected chi connectivity index (χ3v) is 3.86. The highest BCUT2D eigenvalue weighted by molar-refractivity contribution is 7.17. The molecular formula is C16H13F4N3OS. The maximum atomic E-state index is 13.3. The second-order valence-corrected chi connectivity index (χ2v) is 5.70. The van der Waals surface area contributed by atoms with Crippen LogP contribution in [0, 0.1) is 5.82 Å². The first kappa shape index (κ1) is 18.7. The first-order valence-corrected chi connectivity index (χ1v) is 7.40. The molecule has 2 N–H and O–H groups in total. The van der Waals surface area contributed by atoms with Gasteiger partial charge in [0.05, 0.1) is 5.56 Å². The highest BCUT2D eigenvalue weighted by atomic mass is 32.1. The van der Waals surface area contributed by atoms with Gasteiger partial charge in [0.2, 0.25) is 5.06 Å². The molecule has 0 amide bonds. The number of thiazole rings is 1. The summed E-state index contributed by atoms with van der Waals surface area (Å²) in [6.45, 7) is 0. The fourth-order valence-electron chi connectivity index (χ4n) is 2.01. The number of nitrogens with one attached hydrogen (secondary N) is 1. The zero-order chi connectivity index (χ0) is 17.3. The highest BCUT2D eigenvalue weighted by Gasteiger charge is 2.34. The lowest BCUT2D eigenvalue weighted by Gasteiger charge is -2.10. The Morgan fingerprint density at radius 3 is 2.40 bits per heavy atom. The molecule has 0 aliphatic rings. The van der Waals surface area contributed by atoms with Crippen LogP contribution in [0.25, 0.3) is 11.3 Å². The molecule has 0 fully saturated rings. The van der Waals surface area contributed by atoms with Crippen LogP contribution in [0.2, 0.25) is 0 Å². The highest BCUT2D eigenvalue weighted by Crippen LogP contribution is 2.38. The number of anilines is 2. The van der Waals surface area contributed by atoms with E-state index in [1.807, 2.05) is 0 Å². The second kappa shape index (κ2) is 7.06. The molecule has 0 saturated carbocycles. The van der Waals surface area contributed by atoms with Crippen molar-refractivity contribution in [2.75, 3.05) is 5.32 Å². The van der Waals surface area contributed by atoms with Crippen LogP contribution in [-0.4, -0.2) is 15.1 Å². The fraction of sp³-hybridized carbons (Fsp3) is 0.125. The molecule has 3 rings (SSSR count). The predicted molar refractivity (Wildman–Crippen MR) is 88.4 cm³/mol. The van der Waals surface area contributed by atoms with E-state index in [0.29, 0.717) is 11.6 Å². The minimum Gasteiger partial charge on any atom is -0.498 e. The van der Waals surface area contributed by atoms with Gasteiger partial charge in [-0.3, -0.25) is 4.98 Å². The van der Waals surface area contributed by atoms with E-state index in [2.05, 4.69) is 15.3 Å². The Morgan fingerprint density at radius 1 is 1.08 bits per heavy atom. The van der Waals surface area contributed by atoms with E-state index >= 15 is 0 Å². The van der Waals surface area contributed by atoms with E-state index in [1.165, 1.54) is 12.4 Å². The van der Waals surface area contributed by atoms with Gasteiger partial charge in [0.1, 0.15) is 11.5 Å². The molecule has 132 valence electrons. The molecule has 0 aliphatic heterocycles. The van der Waals surface area contributed by atoms with Gasteiger partial charge in [0.15, 0.2) is 5.13 Å². The molecule has 0 unspecified atom stereocenters. The van der Waals surface area contributed by atoms with Gasteiger partial charge < -0.3 is 10.4 Å². The van der Waals surface area contributed by atoms with Crippen molar-refractivity contribution in [2.45, 2.75) is 13.6 Å². The van der Waals surface area contributed by atoms with Crippen LogP contribution in [0.4, 0.5) is 28.4 Å². The summed E-state index contributed by atoms with van der Waals surface area (Å²) in [4.78, 5) is 8.00. The van der Waals surface area contributed by atoms with Crippen molar-refractivity contribution in [1.29, 1.82) is 0 Å². The summed E-state index contributed by atoms with van der Waals surface area (Å²) in [5.41, 5.74) is -0.466. The van der Waals surface area contributed by atoms with Crippen molar-refractivity contribution in [2.24, 2.45) is 0 Å². The lowest BCUT2D eigenvalue weighted by Crippen LogP contribution is -2.08. The number of aromatic hydroxyl groups is 1. The number of rotatable bonds is 3. The molecule has 0 atom stereocenters. The Balaban J connectivity index is 0.00000225. The Kier molecular flexibility index (Phi) is 5.27. The minimum atomic E-state index is -4.80. The summed E-state index contributed by atoms with van der Waals surface area (Å²) in [6.07, 6.45) is -1.75. The average Bonchev–Trinajstić information content (AvgIpc) is 2.89. The standard InChI is InChI=1S/C15H9F4N3OS.CH4/c16-11-2-1-9(7-10(11)15(17,18)19)21-14-22-12(13(23)24-14)8-3-5-20-6-4-8;/h1-7,23H,(H,21,22);1H4. The summed E-state index contributed by atoms with van der Waals surface area (Å²) in [6, 6.07) is 5.81. The smallest absolute Gasteiger partial charge is 0.419 e. The normalized spacial score (nSPS) is 11.0. The van der Waals surface area contributed by atoms with E-state index in [4.69, 9.17) is 0 Å². The van der Waals surface area contributed by atoms with Crippen LogP contribution in [-0.2, 0) is 6.18 Å². The number of nitrogens with zero attached hydrogens (tertiary/aromatic N) is 2. The Labute approximate surface area is 144 Å². The van der Waals surface area contributed by atoms with Gasteiger partial charge in [-0.25, -0.2) is 9.37 Å². The van der Waals surface area contributed by atoms with Crippen molar-refractivity contribution in [3.8, 4) is 16.3 Å². The molecule has 1 aromatic carbocycles. The van der Waals surface area contributed by atoms with Crippen molar-refractivity contribution in [1.82, 2.24) is 9.97 Å². The molecule has 2 heterocycles. The lowest BCUT2D eigenvalue weighted by atomic mass is 10.2. The molecule has 0 saturated heterocycles. The zero-order valence-electron chi connectivity index (χ0n) is 11.8. The molecule has 0 radical (unpaired) electrons. The van der Waals surface area contributed by atoms with Crippen LogP contribution in [0.15, 0.2) is 42.7 Å².